The lowest BCUT2D eigenvalue weighted by molar-refractivity contribution is -0.757. The quantitative estimate of drug-likeness (QED) is 0.0292. The fraction of sp³-hybridized carbons (Fsp3) is 0.649. The molecule has 4 aliphatic carbocycles. The fourth-order valence-electron chi connectivity index (χ4n) is 9.62. The van der Waals surface area contributed by atoms with E-state index in [-0.39, 0.29) is 80.8 Å². The van der Waals surface area contributed by atoms with Gasteiger partial charge in [0.15, 0.2) is 23.7 Å². The fourth-order valence-corrected chi connectivity index (χ4v) is 9.62. The van der Waals surface area contributed by atoms with Crippen LogP contribution in [0, 0.1) is 48.8 Å². The van der Waals surface area contributed by atoms with E-state index in [2.05, 4.69) is 22.7 Å². The lowest BCUT2D eigenvalue weighted by Gasteiger charge is -2.60. The normalized spacial score (nSPS) is 28.7. The third-order valence-corrected chi connectivity index (χ3v) is 12.2. The Kier molecular flexibility index (Phi) is 12.9. The Morgan fingerprint density at radius 1 is 0.947 bits per heavy atom. The number of aromatic hydroxyl groups is 2. The van der Waals surface area contributed by atoms with E-state index in [1.54, 1.807) is 6.92 Å². The molecule has 0 aromatic heterocycles. The van der Waals surface area contributed by atoms with Gasteiger partial charge in [0.1, 0.15) is 5.78 Å². The summed E-state index contributed by atoms with van der Waals surface area (Å²) in [5.41, 5.74) is -2.89. The van der Waals surface area contributed by atoms with Gasteiger partial charge in [-0.3, -0.25) is 14.4 Å². The Morgan fingerprint density at radius 2 is 1.63 bits per heavy atom. The van der Waals surface area contributed by atoms with Gasteiger partial charge in [-0.1, -0.05) is 25.5 Å². The second kappa shape index (κ2) is 17.3. The van der Waals surface area contributed by atoms with E-state index in [1.807, 2.05) is 0 Å². The predicted octanol–water partition coefficient (Wildman–Crippen LogP) is 4.10. The van der Waals surface area contributed by atoms with Crippen LogP contribution in [0.25, 0.3) is 0 Å². The largest absolute Gasteiger partial charge is 0.514 e. The topological polar surface area (TPSA) is 288 Å². The number of rotatable bonds is 17. The van der Waals surface area contributed by atoms with Crippen molar-refractivity contribution in [2.45, 2.75) is 96.2 Å². The van der Waals surface area contributed by atoms with Gasteiger partial charge in [-0.15, -0.1) is 20.2 Å². The highest BCUT2D eigenvalue weighted by molar-refractivity contribution is 5.93. The molecule has 0 amide bonds. The molecule has 0 bridgehead atoms. The van der Waals surface area contributed by atoms with Crippen LogP contribution in [0.1, 0.15) is 94.8 Å². The van der Waals surface area contributed by atoms with Gasteiger partial charge < -0.3 is 43.9 Å². The first-order valence-electron chi connectivity index (χ1n) is 18.7. The Labute approximate surface area is 325 Å². The van der Waals surface area contributed by atoms with E-state index >= 15 is 0 Å². The van der Waals surface area contributed by atoms with Crippen LogP contribution in [0.4, 0.5) is 4.79 Å². The van der Waals surface area contributed by atoms with Crippen LogP contribution in [0.15, 0.2) is 23.8 Å². The number of nitrogens with zero attached hydrogens (tertiary/aromatic N) is 2. The van der Waals surface area contributed by atoms with Gasteiger partial charge in [0.2, 0.25) is 11.5 Å². The molecule has 3 saturated carbocycles. The summed E-state index contributed by atoms with van der Waals surface area (Å²) >= 11 is 0. The second-order valence-electron chi connectivity index (χ2n) is 15.4. The number of fused-ring (bicyclic) bond motifs is 5. The molecule has 312 valence electrons. The number of phenols is 2. The molecule has 0 heterocycles. The molecule has 1 aromatic carbocycles. The summed E-state index contributed by atoms with van der Waals surface area (Å²) in [7, 11) is 0. The van der Waals surface area contributed by atoms with Crippen molar-refractivity contribution in [2.75, 3.05) is 26.4 Å². The Morgan fingerprint density at radius 3 is 2.33 bits per heavy atom. The molecule has 0 radical (unpaired) electrons. The second-order valence-corrected chi connectivity index (χ2v) is 15.4. The third-order valence-electron chi connectivity index (χ3n) is 12.2. The number of esters is 2. The van der Waals surface area contributed by atoms with Crippen LogP contribution >= 0.6 is 0 Å². The number of phenolic OH excluding ortho intramolecular Hbond substituents is 2. The molecule has 5 rings (SSSR count). The highest BCUT2D eigenvalue weighted by atomic mass is 17.0. The van der Waals surface area contributed by atoms with Crippen LogP contribution in [0.3, 0.4) is 0 Å². The Balaban J connectivity index is 1.31. The molecule has 0 aliphatic heterocycles. The lowest BCUT2D eigenvalue weighted by Crippen LogP contribution is -2.63. The van der Waals surface area contributed by atoms with Gasteiger partial charge >= 0.3 is 18.1 Å². The minimum absolute atomic E-state index is 0.00578. The highest BCUT2D eigenvalue weighted by Gasteiger charge is 2.70. The number of hydrogen-bond acceptors (Lipinski definition) is 18. The Bertz CT molecular complexity index is 1810. The van der Waals surface area contributed by atoms with Crippen LogP contribution in [-0.2, 0) is 38.3 Å². The van der Waals surface area contributed by atoms with Gasteiger partial charge in [-0.2, -0.15) is 0 Å². The zero-order valence-electron chi connectivity index (χ0n) is 31.5. The van der Waals surface area contributed by atoms with Gasteiger partial charge in [0, 0.05) is 24.7 Å². The standard InChI is InChI=1S/C37H46N2O18/c1-35-11-9-23(40)18-22(35)7-8-24-25-10-12-37(36(25,2)19-27(42)31(24)35,57-30(44)6-5-15-55-39(50)51)29(43)20-53-34(47)56-28-17-21(16-26(41)32(28)45)33(46)52-13-3-4-14-54-38(48)49/h7,16-17,24-25,27,31,41-42,45H,3-6,8-15,18-20H2,1-2H3/t24?,25?,27-,31+,35-,36-,37-/m0/s1. The van der Waals surface area contributed by atoms with Crippen molar-refractivity contribution in [3.8, 4) is 17.2 Å². The molecule has 4 aliphatic rings. The maximum atomic E-state index is 14.4. The van der Waals surface area contributed by atoms with Crippen molar-refractivity contribution < 1.29 is 78.1 Å². The third kappa shape index (κ3) is 8.89. The summed E-state index contributed by atoms with van der Waals surface area (Å²) in [6.45, 7) is 2.01. The number of unbranched alkanes of at least 4 members (excludes halogenated alkanes) is 1. The number of hydrogen-bond donors (Lipinski definition) is 3. The summed E-state index contributed by atoms with van der Waals surface area (Å²) in [5, 5.41) is 51.3. The molecule has 20 heteroatoms. The van der Waals surface area contributed by atoms with Gasteiger partial charge in [0.05, 0.1) is 31.5 Å². The van der Waals surface area contributed by atoms with Crippen molar-refractivity contribution in [3.05, 3.63) is 49.6 Å². The number of benzene rings is 1. The zero-order chi connectivity index (χ0) is 41.7. The van der Waals surface area contributed by atoms with Crippen LogP contribution in [0.5, 0.6) is 17.2 Å². The van der Waals surface area contributed by atoms with Crippen LogP contribution in [0.2, 0.25) is 0 Å². The first-order valence-corrected chi connectivity index (χ1v) is 18.7. The molecule has 57 heavy (non-hydrogen) atoms. The van der Waals surface area contributed by atoms with E-state index in [4.69, 9.17) is 18.9 Å². The summed E-state index contributed by atoms with van der Waals surface area (Å²) in [6, 6.07) is 1.71. The van der Waals surface area contributed by atoms with Crippen LogP contribution in [-0.4, -0.2) is 93.3 Å². The number of carbonyl (C=O) groups is 5. The van der Waals surface area contributed by atoms with Gasteiger partial charge in [-0.25, -0.2) is 9.59 Å². The Hall–Kier alpha value is -5.53. The first-order chi connectivity index (χ1) is 26.9. The molecular formula is C37H46N2O18. The number of allylic oxidation sites excluding steroid dienone is 2. The first kappa shape index (κ1) is 42.6. The molecule has 3 N–H and O–H groups in total. The summed E-state index contributed by atoms with van der Waals surface area (Å²) < 4.78 is 21.3. The number of ketones is 2. The van der Waals surface area contributed by atoms with Crippen molar-refractivity contribution >= 4 is 29.7 Å². The maximum Gasteiger partial charge on any atom is 0.514 e. The number of Topliss-reactive ketones (excluding diaryl/α,β-unsaturated/α-hetero) is 2. The number of aliphatic hydroxyl groups excluding tert-OH is 1. The molecular weight excluding hydrogens is 760 g/mol. The number of carbonyl (C=O) groups excluding carboxylic acids is 5. The molecule has 1 aromatic rings. The average Bonchev–Trinajstić information content (AvgIpc) is 3.43. The van der Waals surface area contributed by atoms with Crippen molar-refractivity contribution in [1.82, 2.24) is 0 Å². The highest BCUT2D eigenvalue weighted by Crippen LogP contribution is 2.68. The van der Waals surface area contributed by atoms with E-state index in [9.17, 15) is 59.5 Å². The SMILES string of the molecule is C[C@]12CCC(=O)CC1=CCC1C3CC[C@](OC(=O)CCCO[N+](=O)[O-])(C(=O)COC(=O)Oc4cc(C(=O)OCCCCO[N+](=O)[O-])cc(O)c4O)[C@@]3(C)C[C@H](O)[C@@H]12. The van der Waals surface area contributed by atoms with Crippen molar-refractivity contribution in [2.24, 2.45) is 28.6 Å². The van der Waals surface area contributed by atoms with E-state index in [0.29, 0.717) is 32.1 Å². The van der Waals surface area contributed by atoms with Crippen molar-refractivity contribution in [1.29, 1.82) is 0 Å². The molecule has 0 spiro atoms. The minimum atomic E-state index is -1.92. The monoisotopic (exact) mass is 806 g/mol. The number of aliphatic hydroxyl groups is 1. The molecule has 20 nitrogen and oxygen atoms in total. The van der Waals surface area contributed by atoms with Crippen molar-refractivity contribution in [3.63, 3.8) is 0 Å². The van der Waals surface area contributed by atoms with Gasteiger partial charge in [-0.05, 0) is 86.7 Å². The predicted molar refractivity (Wildman–Crippen MR) is 188 cm³/mol. The molecule has 2 unspecified atom stereocenters. The van der Waals surface area contributed by atoms with Crippen LogP contribution < -0.4 is 4.74 Å². The van der Waals surface area contributed by atoms with Gasteiger partial charge in [0.25, 0.3) is 10.2 Å². The summed E-state index contributed by atoms with van der Waals surface area (Å²) in [6.07, 6.45) is 1.73. The average molecular weight is 807 g/mol. The number of ether oxygens (including phenoxy) is 4. The molecule has 0 saturated heterocycles. The van der Waals surface area contributed by atoms with E-state index in [0.717, 1.165) is 17.7 Å². The molecule has 7 atom stereocenters. The summed E-state index contributed by atoms with van der Waals surface area (Å²) in [5.74, 6) is -5.74. The smallest absolute Gasteiger partial charge is 0.504 e. The summed E-state index contributed by atoms with van der Waals surface area (Å²) in [4.78, 5) is 94.8. The lowest BCUT2D eigenvalue weighted by atomic mass is 9.46. The molecule has 3 fully saturated rings. The van der Waals surface area contributed by atoms with E-state index in [1.165, 1.54) is 0 Å². The zero-order valence-corrected chi connectivity index (χ0v) is 31.5. The van der Waals surface area contributed by atoms with E-state index < -0.39 is 87.0 Å². The maximum absolute atomic E-state index is 14.4. The minimum Gasteiger partial charge on any atom is -0.504 e.